The van der Waals surface area contributed by atoms with Crippen molar-refractivity contribution in [3.05, 3.63) is 96.1 Å². The Morgan fingerprint density at radius 2 is 1.60 bits per heavy atom. The van der Waals surface area contributed by atoms with Gasteiger partial charge in [0, 0.05) is 12.2 Å². The Bertz CT molecular complexity index is 1500. The van der Waals surface area contributed by atoms with Crippen molar-refractivity contribution in [1.82, 2.24) is 4.90 Å². The lowest BCUT2D eigenvalue weighted by molar-refractivity contribution is -0.140. The fraction of sp³-hybridized carbons (Fsp3) is 0.273. The van der Waals surface area contributed by atoms with Crippen LogP contribution in [0, 0.1) is 5.92 Å². The third-order valence-electron chi connectivity index (χ3n) is 7.72. The van der Waals surface area contributed by atoms with Crippen LogP contribution in [0.25, 0.3) is 0 Å². The van der Waals surface area contributed by atoms with E-state index in [0.717, 1.165) is 12.0 Å². The van der Waals surface area contributed by atoms with Crippen LogP contribution in [-0.2, 0) is 20.9 Å². The van der Waals surface area contributed by atoms with Crippen LogP contribution in [0.5, 0.6) is 11.5 Å². The molecule has 1 aliphatic carbocycles. The minimum atomic E-state index is -0.838. The molecule has 0 saturated heterocycles. The molecule has 1 heterocycles. The van der Waals surface area contributed by atoms with Gasteiger partial charge in [-0.25, -0.2) is 0 Å². The number of benzene rings is 3. The molecule has 0 fully saturated rings. The molecule has 0 saturated carbocycles. The number of amides is 3. The number of hydrogen-bond acceptors (Lipinski definition) is 6. The maximum absolute atomic E-state index is 14.2. The normalized spacial score (nSPS) is 16.5. The number of nitrogens with zero attached hydrogens (tertiary/aromatic N) is 2. The molecule has 0 aromatic heterocycles. The number of nitrogens with one attached hydrogen (secondary N) is 1. The molecule has 1 aliphatic heterocycles. The summed E-state index contributed by atoms with van der Waals surface area (Å²) in [5.74, 6) is -0.998. The number of rotatable bonds is 10. The highest BCUT2D eigenvalue weighted by Crippen LogP contribution is 2.31. The summed E-state index contributed by atoms with van der Waals surface area (Å²) in [6, 6.07) is 20.1. The Hall–Kier alpha value is -4.92. The van der Waals surface area contributed by atoms with E-state index in [2.05, 4.69) is 11.4 Å². The zero-order valence-electron chi connectivity index (χ0n) is 23.6. The van der Waals surface area contributed by atoms with Gasteiger partial charge in [0.25, 0.3) is 11.7 Å². The van der Waals surface area contributed by atoms with E-state index >= 15 is 0 Å². The number of allylic oxidation sites excluding steroid dienone is 2. The van der Waals surface area contributed by atoms with Gasteiger partial charge in [0.05, 0.1) is 25.5 Å². The average Bonchev–Trinajstić information content (AvgIpc) is 3.26. The van der Waals surface area contributed by atoms with Gasteiger partial charge >= 0.3 is 0 Å². The summed E-state index contributed by atoms with van der Waals surface area (Å²) in [7, 11) is 3.15. The number of ether oxygens (including phenoxy) is 2. The summed E-state index contributed by atoms with van der Waals surface area (Å²) in [4.78, 5) is 56.6. The average molecular weight is 568 g/mol. The highest BCUT2D eigenvalue weighted by atomic mass is 16.5. The molecule has 0 bridgehead atoms. The summed E-state index contributed by atoms with van der Waals surface area (Å²) in [5, 5.41) is 2.99. The van der Waals surface area contributed by atoms with E-state index in [-0.39, 0.29) is 30.5 Å². The van der Waals surface area contributed by atoms with E-state index in [1.807, 2.05) is 18.2 Å². The van der Waals surface area contributed by atoms with Crippen molar-refractivity contribution in [3.8, 4) is 11.5 Å². The fourth-order valence-corrected chi connectivity index (χ4v) is 5.50. The second-order valence-corrected chi connectivity index (χ2v) is 10.3. The zero-order valence-corrected chi connectivity index (χ0v) is 23.6. The highest BCUT2D eigenvalue weighted by molar-refractivity contribution is 6.52. The van der Waals surface area contributed by atoms with Gasteiger partial charge in [-0.2, -0.15) is 0 Å². The Labute approximate surface area is 244 Å². The number of anilines is 2. The Morgan fingerprint density at radius 1 is 0.929 bits per heavy atom. The SMILES string of the molecule is COc1ccc(CN(C(=O)CN2C(=O)C(=O)c3ccccc32)[C@H](C(=O)Nc2ccc(OC)cc2)[C@H]2CC=CCC2)cc1. The summed E-state index contributed by atoms with van der Waals surface area (Å²) >= 11 is 0. The topological polar surface area (TPSA) is 105 Å². The lowest BCUT2D eigenvalue weighted by atomic mass is 9.85. The van der Waals surface area contributed by atoms with Crippen LogP contribution in [-0.4, -0.2) is 55.2 Å². The van der Waals surface area contributed by atoms with E-state index in [0.29, 0.717) is 35.7 Å². The first-order valence-electron chi connectivity index (χ1n) is 13.9. The zero-order chi connectivity index (χ0) is 29.6. The van der Waals surface area contributed by atoms with Crippen molar-refractivity contribution in [2.45, 2.75) is 31.8 Å². The number of para-hydroxylation sites is 1. The molecule has 0 spiro atoms. The van der Waals surface area contributed by atoms with Gasteiger partial charge < -0.3 is 19.7 Å². The second kappa shape index (κ2) is 12.7. The molecule has 216 valence electrons. The fourth-order valence-electron chi connectivity index (χ4n) is 5.50. The molecule has 5 rings (SSSR count). The number of carbonyl (C=O) groups is 4. The number of methoxy groups -OCH3 is 2. The first-order valence-corrected chi connectivity index (χ1v) is 13.9. The molecule has 3 amide bonds. The monoisotopic (exact) mass is 567 g/mol. The smallest absolute Gasteiger partial charge is 0.299 e. The lowest BCUT2D eigenvalue weighted by Gasteiger charge is -2.37. The standard InChI is InChI=1S/C33H33N3O6/c1-41-25-16-12-22(13-17-25)20-36(29(37)21-35-28-11-7-6-10-27(28)31(38)33(35)40)30(23-8-4-3-5-9-23)32(39)34-24-14-18-26(42-2)19-15-24/h3-4,6-7,10-19,23,30H,5,8-9,20-21H2,1-2H3,(H,34,39)/t23-,30-/m0/s1. The molecule has 42 heavy (non-hydrogen) atoms. The van der Waals surface area contributed by atoms with Crippen LogP contribution in [0.3, 0.4) is 0 Å². The van der Waals surface area contributed by atoms with E-state index in [1.54, 1.807) is 79.8 Å². The van der Waals surface area contributed by atoms with Crippen LogP contribution in [0.2, 0.25) is 0 Å². The van der Waals surface area contributed by atoms with Crippen LogP contribution >= 0.6 is 0 Å². The number of ketones is 1. The van der Waals surface area contributed by atoms with Gasteiger partial charge in [-0.1, -0.05) is 36.4 Å². The minimum absolute atomic E-state index is 0.126. The quantitative estimate of drug-likeness (QED) is 0.283. The molecular formula is C33H33N3O6. The summed E-state index contributed by atoms with van der Waals surface area (Å²) in [5.41, 5.74) is 2.03. The molecule has 0 radical (unpaired) electrons. The summed E-state index contributed by atoms with van der Waals surface area (Å²) in [6.07, 6.45) is 6.24. The van der Waals surface area contributed by atoms with E-state index in [4.69, 9.17) is 9.47 Å². The van der Waals surface area contributed by atoms with E-state index in [1.165, 1.54) is 4.90 Å². The number of fused-ring (bicyclic) bond motifs is 1. The summed E-state index contributed by atoms with van der Waals surface area (Å²) < 4.78 is 10.5. The molecule has 2 atom stereocenters. The van der Waals surface area contributed by atoms with Gasteiger partial charge in [-0.05, 0) is 79.3 Å². The number of hydrogen-bond donors (Lipinski definition) is 1. The largest absolute Gasteiger partial charge is 0.497 e. The van der Waals surface area contributed by atoms with Crippen LogP contribution in [0.15, 0.2) is 84.9 Å². The number of Topliss-reactive ketones (excluding diaryl/α,β-unsaturated/α-hetero) is 1. The Kier molecular flexibility index (Phi) is 8.66. The van der Waals surface area contributed by atoms with Gasteiger partial charge in [0.15, 0.2) is 0 Å². The predicted molar refractivity (Wildman–Crippen MR) is 159 cm³/mol. The molecule has 1 N–H and O–H groups in total. The van der Waals surface area contributed by atoms with Crippen molar-refractivity contribution < 1.29 is 28.7 Å². The molecule has 9 nitrogen and oxygen atoms in total. The van der Waals surface area contributed by atoms with Crippen molar-refractivity contribution in [1.29, 1.82) is 0 Å². The Morgan fingerprint density at radius 3 is 2.24 bits per heavy atom. The first kappa shape index (κ1) is 28.6. The number of carbonyl (C=O) groups excluding carboxylic acids is 4. The van der Waals surface area contributed by atoms with Gasteiger partial charge in [-0.3, -0.25) is 24.1 Å². The molecule has 3 aromatic rings. The van der Waals surface area contributed by atoms with Crippen molar-refractivity contribution in [2.75, 3.05) is 31.0 Å². The highest BCUT2D eigenvalue weighted by Gasteiger charge is 2.41. The molecular weight excluding hydrogens is 534 g/mol. The first-order chi connectivity index (χ1) is 20.4. The predicted octanol–water partition coefficient (Wildman–Crippen LogP) is 4.63. The molecule has 0 unspecified atom stereocenters. The summed E-state index contributed by atoms with van der Waals surface area (Å²) in [6.45, 7) is -0.242. The Balaban J connectivity index is 1.49. The van der Waals surface area contributed by atoms with Gasteiger partial charge in [0.2, 0.25) is 11.8 Å². The molecule has 9 heteroatoms. The van der Waals surface area contributed by atoms with Crippen molar-refractivity contribution >= 4 is 34.9 Å². The van der Waals surface area contributed by atoms with Crippen molar-refractivity contribution in [2.24, 2.45) is 5.92 Å². The second-order valence-electron chi connectivity index (χ2n) is 10.3. The van der Waals surface area contributed by atoms with E-state index in [9.17, 15) is 19.2 Å². The third kappa shape index (κ3) is 6.05. The van der Waals surface area contributed by atoms with Crippen LogP contribution in [0.1, 0.15) is 35.2 Å². The van der Waals surface area contributed by atoms with Crippen LogP contribution in [0.4, 0.5) is 11.4 Å². The third-order valence-corrected chi connectivity index (χ3v) is 7.72. The minimum Gasteiger partial charge on any atom is -0.497 e. The van der Waals surface area contributed by atoms with Gasteiger partial charge in [0.1, 0.15) is 24.1 Å². The molecule has 2 aliphatic rings. The van der Waals surface area contributed by atoms with Crippen molar-refractivity contribution in [3.63, 3.8) is 0 Å². The molecule has 3 aromatic carbocycles. The van der Waals surface area contributed by atoms with Gasteiger partial charge in [-0.15, -0.1) is 0 Å². The van der Waals surface area contributed by atoms with Crippen LogP contribution < -0.4 is 19.7 Å². The maximum Gasteiger partial charge on any atom is 0.299 e. The maximum atomic E-state index is 14.2. The van der Waals surface area contributed by atoms with E-state index < -0.39 is 23.6 Å². The lowest BCUT2D eigenvalue weighted by Crippen LogP contribution is -2.54.